The minimum atomic E-state index is 0.392. The number of hydrogen-bond acceptors (Lipinski definition) is 3. The van der Waals surface area contributed by atoms with Crippen molar-refractivity contribution in [3.63, 3.8) is 0 Å². The fourth-order valence-corrected chi connectivity index (χ4v) is 3.97. The summed E-state index contributed by atoms with van der Waals surface area (Å²) in [5.41, 5.74) is 0.519. The Labute approximate surface area is 119 Å². The molecule has 19 heavy (non-hydrogen) atoms. The zero-order chi connectivity index (χ0) is 13.7. The summed E-state index contributed by atoms with van der Waals surface area (Å²) in [4.78, 5) is 2.65. The van der Waals surface area contributed by atoms with Crippen LogP contribution in [0.4, 0.5) is 0 Å². The van der Waals surface area contributed by atoms with Gasteiger partial charge in [-0.2, -0.15) is 0 Å². The highest BCUT2D eigenvalue weighted by atomic mass is 16.5. The highest BCUT2D eigenvalue weighted by molar-refractivity contribution is 4.89. The van der Waals surface area contributed by atoms with E-state index in [0.29, 0.717) is 17.6 Å². The average Bonchev–Trinajstić information content (AvgIpc) is 2.36. The normalized spacial score (nSPS) is 32.4. The molecule has 0 spiro atoms. The van der Waals surface area contributed by atoms with Gasteiger partial charge < -0.3 is 10.1 Å². The van der Waals surface area contributed by atoms with Crippen molar-refractivity contribution < 1.29 is 4.74 Å². The van der Waals surface area contributed by atoms with Gasteiger partial charge in [0.2, 0.25) is 0 Å². The minimum Gasteiger partial charge on any atom is -0.373 e. The van der Waals surface area contributed by atoms with Gasteiger partial charge in [-0.05, 0) is 38.6 Å². The van der Waals surface area contributed by atoms with Crippen molar-refractivity contribution in [1.29, 1.82) is 0 Å². The smallest absolute Gasteiger partial charge is 0.0678 e. The predicted octanol–water partition coefficient (Wildman–Crippen LogP) is 2.66. The molecule has 3 heteroatoms. The predicted molar refractivity (Wildman–Crippen MR) is 80.5 cm³/mol. The molecule has 2 fully saturated rings. The van der Waals surface area contributed by atoms with Crippen LogP contribution in [0, 0.1) is 5.41 Å². The van der Waals surface area contributed by atoms with Crippen molar-refractivity contribution in [2.24, 2.45) is 5.41 Å². The zero-order valence-corrected chi connectivity index (χ0v) is 13.1. The van der Waals surface area contributed by atoms with Crippen molar-refractivity contribution in [2.75, 3.05) is 32.7 Å². The summed E-state index contributed by atoms with van der Waals surface area (Å²) >= 11 is 0. The quantitative estimate of drug-likeness (QED) is 0.829. The first kappa shape index (κ1) is 15.3. The monoisotopic (exact) mass is 268 g/mol. The van der Waals surface area contributed by atoms with E-state index >= 15 is 0 Å². The van der Waals surface area contributed by atoms with Gasteiger partial charge in [0.25, 0.3) is 0 Å². The Morgan fingerprint density at radius 3 is 2.32 bits per heavy atom. The van der Waals surface area contributed by atoms with Crippen LogP contribution < -0.4 is 5.32 Å². The van der Waals surface area contributed by atoms with Gasteiger partial charge in [-0.1, -0.05) is 26.2 Å². The molecule has 0 aromatic carbocycles. The molecular weight excluding hydrogens is 236 g/mol. The molecule has 2 rings (SSSR count). The first-order valence-corrected chi connectivity index (χ1v) is 8.22. The fraction of sp³-hybridized carbons (Fsp3) is 1.00. The maximum Gasteiger partial charge on any atom is 0.0678 e. The second kappa shape index (κ2) is 7.05. The van der Waals surface area contributed by atoms with Crippen molar-refractivity contribution >= 4 is 0 Å². The van der Waals surface area contributed by atoms with E-state index in [9.17, 15) is 0 Å². The fourth-order valence-electron chi connectivity index (χ4n) is 3.97. The molecule has 0 radical (unpaired) electrons. The van der Waals surface area contributed by atoms with E-state index in [1.165, 1.54) is 45.2 Å². The van der Waals surface area contributed by atoms with Crippen molar-refractivity contribution in [3.8, 4) is 0 Å². The molecule has 112 valence electrons. The van der Waals surface area contributed by atoms with E-state index in [4.69, 9.17) is 4.74 Å². The SMILES string of the molecule is CCNCC1(CN2C[C@@H](C)O[C@@H](C)C2)CCCCC1. The topological polar surface area (TPSA) is 24.5 Å². The molecule has 1 saturated carbocycles. The van der Waals surface area contributed by atoms with Crippen LogP contribution in [0.2, 0.25) is 0 Å². The summed E-state index contributed by atoms with van der Waals surface area (Å²) in [5.74, 6) is 0. The lowest BCUT2D eigenvalue weighted by molar-refractivity contribution is -0.0803. The number of nitrogens with zero attached hydrogens (tertiary/aromatic N) is 1. The minimum absolute atomic E-state index is 0.392. The first-order valence-electron chi connectivity index (χ1n) is 8.22. The van der Waals surface area contributed by atoms with Crippen LogP contribution in [0.3, 0.4) is 0 Å². The van der Waals surface area contributed by atoms with Gasteiger partial charge in [0, 0.05) is 26.2 Å². The third-order valence-electron chi connectivity index (χ3n) is 4.72. The number of nitrogens with one attached hydrogen (secondary N) is 1. The van der Waals surface area contributed by atoms with Gasteiger partial charge >= 0.3 is 0 Å². The molecule has 2 aliphatic rings. The molecular formula is C16H32N2O. The molecule has 1 aliphatic carbocycles. The second-order valence-electron chi connectivity index (χ2n) is 6.79. The first-order chi connectivity index (χ1) is 9.13. The number of ether oxygens (including phenoxy) is 1. The molecule has 1 N–H and O–H groups in total. The highest BCUT2D eigenvalue weighted by Crippen LogP contribution is 2.37. The van der Waals surface area contributed by atoms with Crippen LogP contribution in [-0.4, -0.2) is 49.8 Å². The van der Waals surface area contributed by atoms with Crippen LogP contribution >= 0.6 is 0 Å². The highest BCUT2D eigenvalue weighted by Gasteiger charge is 2.35. The Bertz CT molecular complexity index is 253. The molecule has 2 atom stereocenters. The Morgan fingerprint density at radius 1 is 1.11 bits per heavy atom. The third kappa shape index (κ3) is 4.44. The van der Waals surface area contributed by atoms with E-state index in [1.54, 1.807) is 0 Å². The molecule has 3 nitrogen and oxygen atoms in total. The van der Waals surface area contributed by atoms with Gasteiger partial charge in [0.15, 0.2) is 0 Å². The van der Waals surface area contributed by atoms with Gasteiger partial charge in [-0.3, -0.25) is 4.90 Å². The summed E-state index contributed by atoms with van der Waals surface area (Å²) in [6.07, 6.45) is 7.86. The summed E-state index contributed by atoms with van der Waals surface area (Å²) < 4.78 is 5.86. The van der Waals surface area contributed by atoms with Crippen molar-refractivity contribution in [2.45, 2.75) is 65.1 Å². The second-order valence-corrected chi connectivity index (χ2v) is 6.79. The average molecular weight is 268 g/mol. The molecule has 0 unspecified atom stereocenters. The third-order valence-corrected chi connectivity index (χ3v) is 4.72. The summed E-state index contributed by atoms with van der Waals surface area (Å²) in [7, 11) is 0. The number of hydrogen-bond donors (Lipinski definition) is 1. The number of morpholine rings is 1. The van der Waals surface area contributed by atoms with Crippen molar-refractivity contribution in [1.82, 2.24) is 10.2 Å². The lowest BCUT2D eigenvalue weighted by Crippen LogP contribution is -2.52. The van der Waals surface area contributed by atoms with Crippen LogP contribution in [0.15, 0.2) is 0 Å². The summed E-state index contributed by atoms with van der Waals surface area (Å²) in [6.45, 7) is 12.4. The van der Waals surface area contributed by atoms with E-state index < -0.39 is 0 Å². The maximum atomic E-state index is 5.86. The lowest BCUT2D eigenvalue weighted by atomic mass is 9.73. The Morgan fingerprint density at radius 2 is 1.74 bits per heavy atom. The van der Waals surface area contributed by atoms with Crippen LogP contribution in [-0.2, 0) is 4.74 Å². The molecule has 0 amide bonds. The zero-order valence-electron chi connectivity index (χ0n) is 13.1. The molecule has 0 aromatic heterocycles. The molecule has 1 saturated heterocycles. The largest absolute Gasteiger partial charge is 0.373 e. The van der Waals surface area contributed by atoms with Gasteiger partial charge in [0.1, 0.15) is 0 Å². The summed E-state index contributed by atoms with van der Waals surface area (Å²) in [5, 5.41) is 3.61. The van der Waals surface area contributed by atoms with Crippen molar-refractivity contribution in [3.05, 3.63) is 0 Å². The summed E-state index contributed by atoms with van der Waals surface area (Å²) in [6, 6.07) is 0. The van der Waals surface area contributed by atoms with E-state index in [-0.39, 0.29) is 0 Å². The van der Waals surface area contributed by atoms with Crippen LogP contribution in [0.5, 0.6) is 0 Å². The molecule has 0 aromatic rings. The Balaban J connectivity index is 1.94. The molecule has 1 heterocycles. The van der Waals surface area contributed by atoms with E-state index in [1.807, 2.05) is 0 Å². The van der Waals surface area contributed by atoms with Crippen LogP contribution in [0.1, 0.15) is 52.9 Å². The van der Waals surface area contributed by atoms with E-state index in [2.05, 4.69) is 31.0 Å². The van der Waals surface area contributed by atoms with E-state index in [0.717, 1.165) is 19.6 Å². The van der Waals surface area contributed by atoms with Gasteiger partial charge in [0.05, 0.1) is 12.2 Å². The lowest BCUT2D eigenvalue weighted by Gasteiger charge is -2.44. The van der Waals surface area contributed by atoms with Crippen LogP contribution in [0.25, 0.3) is 0 Å². The van der Waals surface area contributed by atoms with Gasteiger partial charge in [-0.15, -0.1) is 0 Å². The molecule has 1 aliphatic heterocycles. The standard InChI is InChI=1S/C16H32N2O/c1-4-17-12-16(8-6-5-7-9-16)13-18-10-14(2)19-15(3)11-18/h14-15,17H,4-13H2,1-3H3/t14-,15+. The molecule has 0 bridgehead atoms. The maximum absolute atomic E-state index is 5.86. The Kier molecular flexibility index (Phi) is 5.67. The number of rotatable bonds is 5. The Hall–Kier alpha value is -0.120. The van der Waals surface area contributed by atoms with Gasteiger partial charge in [-0.25, -0.2) is 0 Å².